The van der Waals surface area contributed by atoms with Gasteiger partial charge in [0.05, 0.1) is 5.52 Å². The molecule has 44 heavy (non-hydrogen) atoms. The minimum absolute atomic E-state index is 0.0547. The second-order valence-corrected chi connectivity index (χ2v) is 11.7. The number of hydrogen-bond donors (Lipinski definition) is 2. The Labute approximate surface area is 254 Å². The Morgan fingerprint density at radius 1 is 0.932 bits per heavy atom. The van der Waals surface area contributed by atoms with E-state index in [1.165, 1.54) is 4.90 Å². The van der Waals surface area contributed by atoms with Crippen molar-refractivity contribution in [3.05, 3.63) is 84.2 Å². The van der Waals surface area contributed by atoms with Gasteiger partial charge in [0, 0.05) is 72.6 Å². The molecule has 4 aromatic rings. The zero-order valence-electron chi connectivity index (χ0n) is 24.2. The van der Waals surface area contributed by atoms with Crippen molar-refractivity contribution in [2.75, 3.05) is 23.3 Å². The number of hydrogen-bond acceptors (Lipinski definition) is 7. The molecule has 0 aliphatic carbocycles. The molecular weight excluding hydrogens is 556 g/mol. The number of benzene rings is 2. The Hall–Kier alpha value is -5.12. The number of piperidine rings is 2. The van der Waals surface area contributed by atoms with Crippen molar-refractivity contribution in [2.24, 2.45) is 5.92 Å². The molecule has 0 radical (unpaired) electrons. The van der Waals surface area contributed by atoms with E-state index in [1.807, 2.05) is 30.6 Å². The maximum Gasteiger partial charge on any atom is 0.255 e. The molecule has 2 aromatic heterocycles. The van der Waals surface area contributed by atoms with Crippen LogP contribution in [-0.4, -0.2) is 57.6 Å². The number of fused-ring (bicyclic) bond motifs is 2. The summed E-state index contributed by atoms with van der Waals surface area (Å²) in [6.45, 7) is 1.94. The van der Waals surface area contributed by atoms with E-state index >= 15 is 0 Å². The van der Waals surface area contributed by atoms with E-state index in [2.05, 4.69) is 50.8 Å². The van der Waals surface area contributed by atoms with E-state index in [0.717, 1.165) is 59.3 Å². The molecule has 2 N–H and O–H groups in total. The number of anilines is 2. The zero-order chi connectivity index (χ0) is 30.2. The van der Waals surface area contributed by atoms with Gasteiger partial charge in [-0.15, -0.1) is 0 Å². The molecule has 0 spiro atoms. The second kappa shape index (κ2) is 11.5. The summed E-state index contributed by atoms with van der Waals surface area (Å²) in [4.78, 5) is 62.8. The van der Waals surface area contributed by atoms with E-state index in [4.69, 9.17) is 4.98 Å². The first-order chi connectivity index (χ1) is 21.4. The van der Waals surface area contributed by atoms with E-state index in [1.54, 1.807) is 12.1 Å². The lowest BCUT2D eigenvalue weighted by Gasteiger charge is -2.32. The van der Waals surface area contributed by atoms with E-state index in [-0.39, 0.29) is 36.6 Å². The number of nitrogens with zero attached hydrogens (tertiary/aromatic N) is 4. The lowest BCUT2D eigenvalue weighted by Crippen LogP contribution is -2.52. The van der Waals surface area contributed by atoms with Crippen LogP contribution in [0.25, 0.3) is 22.0 Å². The summed E-state index contributed by atoms with van der Waals surface area (Å²) in [5, 5.41) is 6.41. The number of aromatic nitrogens is 2. The minimum atomic E-state index is -0.661. The van der Waals surface area contributed by atoms with Crippen molar-refractivity contribution >= 4 is 46.0 Å². The van der Waals surface area contributed by atoms with E-state index < -0.39 is 11.9 Å². The average Bonchev–Trinajstić information content (AvgIpc) is 3.36. The molecule has 5 heterocycles. The summed E-state index contributed by atoms with van der Waals surface area (Å²) in [5.41, 5.74) is 4.98. The van der Waals surface area contributed by atoms with Crippen molar-refractivity contribution in [3.63, 3.8) is 0 Å². The molecule has 4 amide bonds. The molecule has 2 aromatic carbocycles. The third-order valence-corrected chi connectivity index (χ3v) is 8.91. The fourth-order valence-electron chi connectivity index (χ4n) is 6.56. The third kappa shape index (κ3) is 5.39. The van der Waals surface area contributed by atoms with Gasteiger partial charge in [-0.1, -0.05) is 24.3 Å². The highest BCUT2D eigenvalue weighted by molar-refractivity contribution is 6.05. The van der Waals surface area contributed by atoms with Crippen molar-refractivity contribution in [3.8, 4) is 11.1 Å². The summed E-state index contributed by atoms with van der Waals surface area (Å²) in [7, 11) is 0. The quantitative estimate of drug-likeness (QED) is 0.322. The minimum Gasteiger partial charge on any atom is -0.357 e. The normalized spacial score (nSPS) is 18.8. The van der Waals surface area contributed by atoms with E-state index in [9.17, 15) is 19.2 Å². The van der Waals surface area contributed by atoms with Gasteiger partial charge < -0.3 is 15.1 Å². The fraction of sp³-hybridized carbons (Fsp3) is 0.294. The molecule has 2 fully saturated rings. The molecule has 3 aliphatic heterocycles. The van der Waals surface area contributed by atoms with Crippen LogP contribution in [0.2, 0.25) is 0 Å². The highest BCUT2D eigenvalue weighted by Crippen LogP contribution is 2.31. The van der Waals surface area contributed by atoms with Gasteiger partial charge in [0.25, 0.3) is 5.91 Å². The number of para-hydroxylation sites is 1. The van der Waals surface area contributed by atoms with Gasteiger partial charge in [-0.3, -0.25) is 29.5 Å². The molecule has 1 unspecified atom stereocenters. The first-order valence-electron chi connectivity index (χ1n) is 15.1. The average molecular weight is 589 g/mol. The summed E-state index contributed by atoms with van der Waals surface area (Å²) in [5.74, 6) is 0.172. The van der Waals surface area contributed by atoms with E-state index in [0.29, 0.717) is 24.1 Å². The number of pyridine rings is 2. The Balaban J connectivity index is 0.923. The summed E-state index contributed by atoms with van der Waals surface area (Å²) in [6, 6.07) is 18.9. The topological polar surface area (TPSA) is 125 Å². The second-order valence-electron chi connectivity index (χ2n) is 11.7. The Morgan fingerprint density at radius 3 is 2.57 bits per heavy atom. The molecule has 222 valence electrons. The SMILES string of the molecule is O=C1CCC(N2Cc3cc(NC(=O)CC4CCN(c5ccc(-c6cccc7cccnc67)cn5)CC4)ccc3C2=O)C(=O)N1. The molecule has 10 heteroatoms. The molecule has 7 rings (SSSR count). The number of nitrogens with one attached hydrogen (secondary N) is 2. The maximum atomic E-state index is 12.9. The van der Waals surface area contributed by atoms with Crippen LogP contribution in [0.5, 0.6) is 0 Å². The van der Waals surface area contributed by atoms with Crippen LogP contribution >= 0.6 is 0 Å². The Morgan fingerprint density at radius 2 is 1.77 bits per heavy atom. The molecule has 10 nitrogen and oxygen atoms in total. The van der Waals surface area contributed by atoms with Gasteiger partial charge >= 0.3 is 0 Å². The van der Waals surface area contributed by atoms with Crippen molar-refractivity contribution in [1.29, 1.82) is 0 Å². The Kier molecular flexibility index (Phi) is 7.25. The molecule has 0 bridgehead atoms. The molecular formula is C34H32N6O4. The standard InChI is InChI=1S/C34H32N6O4/c41-30-11-9-28(33(43)38-30)40-20-24-18-25(7-8-27(24)34(40)44)37-31(42)17-21-12-15-39(16-13-21)29-10-6-23(19-36-29)26-5-1-3-22-4-2-14-35-32(22)26/h1-8,10,14,18-19,21,28H,9,11-13,15-17,20H2,(H,37,42)(H,38,41,43). The smallest absolute Gasteiger partial charge is 0.255 e. The van der Waals surface area contributed by atoms with Gasteiger partial charge in [-0.25, -0.2) is 4.98 Å². The number of rotatable bonds is 6. The van der Waals surface area contributed by atoms with Crippen molar-refractivity contribution < 1.29 is 19.2 Å². The maximum absolute atomic E-state index is 12.9. The van der Waals surface area contributed by atoms with Gasteiger partial charge in [-0.2, -0.15) is 0 Å². The summed E-state index contributed by atoms with van der Waals surface area (Å²) in [6.07, 6.45) is 6.46. The highest BCUT2D eigenvalue weighted by atomic mass is 16.2. The molecule has 1 atom stereocenters. The van der Waals surface area contributed by atoms with Gasteiger partial charge in [0.1, 0.15) is 11.9 Å². The van der Waals surface area contributed by atoms with Crippen molar-refractivity contribution in [2.45, 2.75) is 44.7 Å². The van der Waals surface area contributed by atoms with Crippen LogP contribution in [0.4, 0.5) is 11.5 Å². The number of imide groups is 1. The lowest BCUT2D eigenvalue weighted by atomic mass is 9.93. The third-order valence-electron chi connectivity index (χ3n) is 8.91. The summed E-state index contributed by atoms with van der Waals surface area (Å²) >= 11 is 0. The van der Waals surface area contributed by atoms with Gasteiger partial charge in [-0.05, 0) is 67.1 Å². The number of carbonyl (C=O) groups is 4. The predicted molar refractivity (Wildman–Crippen MR) is 166 cm³/mol. The molecule has 2 saturated heterocycles. The van der Waals surface area contributed by atoms with Crippen LogP contribution in [0.3, 0.4) is 0 Å². The van der Waals surface area contributed by atoms with Gasteiger partial charge in [0.2, 0.25) is 17.7 Å². The van der Waals surface area contributed by atoms with Crippen LogP contribution in [-0.2, 0) is 20.9 Å². The van der Waals surface area contributed by atoms with Crippen LogP contribution in [0.1, 0.15) is 48.0 Å². The first kappa shape index (κ1) is 27.7. The number of amides is 4. The van der Waals surface area contributed by atoms with Crippen LogP contribution in [0, 0.1) is 5.92 Å². The van der Waals surface area contributed by atoms with Gasteiger partial charge in [0.15, 0.2) is 0 Å². The number of carbonyl (C=O) groups excluding carboxylic acids is 4. The largest absolute Gasteiger partial charge is 0.357 e. The molecule has 0 saturated carbocycles. The molecule has 3 aliphatic rings. The Bertz CT molecular complexity index is 1780. The zero-order valence-corrected chi connectivity index (χ0v) is 24.2. The fourth-order valence-corrected chi connectivity index (χ4v) is 6.56. The monoisotopic (exact) mass is 588 g/mol. The van der Waals surface area contributed by atoms with Crippen molar-refractivity contribution in [1.82, 2.24) is 20.2 Å². The predicted octanol–water partition coefficient (Wildman–Crippen LogP) is 4.30. The summed E-state index contributed by atoms with van der Waals surface area (Å²) < 4.78 is 0. The van der Waals surface area contributed by atoms with Crippen LogP contribution < -0.4 is 15.5 Å². The van der Waals surface area contributed by atoms with Crippen LogP contribution in [0.15, 0.2) is 73.1 Å². The first-order valence-corrected chi connectivity index (χ1v) is 15.1. The lowest BCUT2D eigenvalue weighted by molar-refractivity contribution is -0.137. The highest BCUT2D eigenvalue weighted by Gasteiger charge is 2.39.